The molecule has 2 aliphatic rings. The second-order valence-electron chi connectivity index (χ2n) is 6.41. The van der Waals surface area contributed by atoms with Crippen LogP contribution in [0.5, 0.6) is 0 Å². The van der Waals surface area contributed by atoms with E-state index in [1.807, 2.05) is 5.32 Å². The van der Waals surface area contributed by atoms with Crippen molar-refractivity contribution in [3.8, 4) is 0 Å². The third-order valence-corrected chi connectivity index (χ3v) is 8.74. The van der Waals surface area contributed by atoms with E-state index in [0.29, 0.717) is 4.47 Å². The van der Waals surface area contributed by atoms with E-state index in [0.717, 1.165) is 0 Å². The molecule has 0 spiro atoms. The van der Waals surface area contributed by atoms with Gasteiger partial charge in [-0.2, -0.15) is 10.6 Å². The van der Waals surface area contributed by atoms with Gasteiger partial charge >= 0.3 is 6.09 Å². The molecule has 3 atom stereocenters. The third-order valence-electron chi connectivity index (χ3n) is 5.10. The summed E-state index contributed by atoms with van der Waals surface area (Å²) in [5.74, 6) is -0.975. The Morgan fingerprint density at radius 1 is 1.52 bits per heavy atom. The molecule has 1 aromatic rings. The maximum atomic E-state index is 14.5. The summed E-state index contributed by atoms with van der Waals surface area (Å²) in [4.78, 5) is 15.4. The summed E-state index contributed by atoms with van der Waals surface area (Å²) in [6.07, 6.45) is -1.30. The van der Waals surface area contributed by atoms with Crippen molar-refractivity contribution in [2.45, 2.75) is 35.3 Å². The molecule has 1 fully saturated rings. The first-order valence-electron chi connectivity index (χ1n) is 7.47. The average molecular weight is 439 g/mol. The molecule has 6 nitrogen and oxygen atoms in total. The molecule has 1 amide bonds. The lowest BCUT2D eigenvalue weighted by molar-refractivity contribution is 0.199. The van der Waals surface area contributed by atoms with Crippen LogP contribution in [0.4, 0.5) is 13.6 Å². The number of alkyl halides is 1. The number of halogens is 3. The summed E-state index contributed by atoms with van der Waals surface area (Å²) in [5, 5.41) is 10.2. The fourth-order valence-electron chi connectivity index (χ4n) is 3.79. The van der Waals surface area contributed by atoms with Crippen LogP contribution in [0, 0.1) is 5.82 Å². The molecular formula is C15H17BrF2N2O4S. The van der Waals surface area contributed by atoms with Gasteiger partial charge in [-0.25, -0.2) is 13.6 Å². The molecule has 10 heteroatoms. The average Bonchev–Trinajstić information content (AvgIpc) is 2.71. The van der Waals surface area contributed by atoms with Gasteiger partial charge in [-0.3, -0.25) is 19.4 Å². The largest absolute Gasteiger partial charge is 0.465 e. The second kappa shape index (κ2) is 5.90. The number of rotatable bonds is 2. The minimum absolute atomic E-state index is 0.0147. The van der Waals surface area contributed by atoms with E-state index in [2.05, 4.69) is 20.9 Å². The molecule has 0 aromatic heterocycles. The quantitative estimate of drug-likeness (QED) is 0.557. The van der Waals surface area contributed by atoms with Crippen molar-refractivity contribution in [1.82, 2.24) is 5.32 Å². The van der Waals surface area contributed by atoms with Gasteiger partial charge in [-0.15, -0.1) is 0 Å². The number of benzene rings is 1. The molecule has 2 bridgehead atoms. The van der Waals surface area contributed by atoms with Gasteiger partial charge < -0.3 is 5.11 Å². The summed E-state index contributed by atoms with van der Waals surface area (Å²) in [7, 11) is -3.63. The molecule has 3 rings (SSSR count). The first-order valence-corrected chi connectivity index (χ1v) is 9.87. The van der Waals surface area contributed by atoms with E-state index >= 15 is 0 Å². The highest BCUT2D eigenvalue weighted by Crippen LogP contribution is 2.72. The van der Waals surface area contributed by atoms with Crippen LogP contribution in [0.2, 0.25) is 0 Å². The van der Waals surface area contributed by atoms with Crippen LogP contribution in [-0.2, 0) is 5.54 Å². The van der Waals surface area contributed by atoms with Crippen molar-refractivity contribution in [1.29, 1.82) is 0 Å². The van der Waals surface area contributed by atoms with E-state index in [-0.39, 0.29) is 24.2 Å². The predicted octanol–water partition coefficient (Wildman–Crippen LogP) is 4.10. The van der Waals surface area contributed by atoms with Gasteiger partial charge in [0.15, 0.2) is 0 Å². The zero-order valence-electron chi connectivity index (χ0n) is 13.2. The summed E-state index contributed by atoms with van der Waals surface area (Å²) < 4.78 is 48.7. The molecule has 2 aliphatic heterocycles. The number of aliphatic imine (C=N–C) groups is 1. The lowest BCUT2D eigenvalue weighted by Gasteiger charge is -2.55. The van der Waals surface area contributed by atoms with Crippen molar-refractivity contribution in [2.24, 2.45) is 4.99 Å². The van der Waals surface area contributed by atoms with Crippen molar-refractivity contribution < 1.29 is 27.8 Å². The van der Waals surface area contributed by atoms with Crippen LogP contribution in [0.3, 0.4) is 0 Å². The Labute approximate surface area is 152 Å². The molecule has 0 radical (unpaired) electrons. The highest BCUT2D eigenvalue weighted by atomic mass is 79.9. The van der Waals surface area contributed by atoms with Crippen LogP contribution in [-0.4, -0.2) is 42.8 Å². The normalized spacial score (nSPS) is 34.3. The Balaban J connectivity index is 2.27. The molecule has 1 aromatic carbocycles. The van der Waals surface area contributed by atoms with Crippen LogP contribution in [0.1, 0.15) is 25.3 Å². The Morgan fingerprint density at radius 2 is 2.20 bits per heavy atom. The molecule has 0 aliphatic carbocycles. The highest BCUT2D eigenvalue weighted by Gasteiger charge is 2.66. The van der Waals surface area contributed by atoms with Crippen LogP contribution in [0.25, 0.3) is 0 Å². The molecule has 0 unspecified atom stereocenters. The highest BCUT2D eigenvalue weighted by molar-refractivity contribution is 9.10. The molecule has 4 N–H and O–H groups in total. The van der Waals surface area contributed by atoms with Crippen molar-refractivity contribution in [3.63, 3.8) is 0 Å². The number of nitrogens with one attached hydrogen (secondary N) is 1. The minimum Gasteiger partial charge on any atom is -0.465 e. The number of carboxylic acid groups (broad SMARTS) is 1. The van der Waals surface area contributed by atoms with Gasteiger partial charge in [0.25, 0.3) is 0 Å². The smallest absolute Gasteiger partial charge is 0.410 e. The topological polar surface area (TPSA) is 102 Å². The van der Waals surface area contributed by atoms with E-state index in [4.69, 9.17) is 5.11 Å². The molecule has 138 valence electrons. The lowest BCUT2D eigenvalue weighted by atomic mass is 9.87. The van der Waals surface area contributed by atoms with Crippen LogP contribution in [0.15, 0.2) is 27.7 Å². The zero-order chi connectivity index (χ0) is 18.6. The minimum atomic E-state index is -3.63. The Morgan fingerprint density at radius 3 is 2.80 bits per heavy atom. The van der Waals surface area contributed by atoms with E-state index in [1.165, 1.54) is 25.1 Å². The SMILES string of the molecule is C[C@]1(c2cc(Br)ccc2F)N=C(NC(=O)O)[C@@]2(CF)CC[C@@H]1S2(O)O. The number of amidine groups is 1. The second-order valence-corrected chi connectivity index (χ2v) is 9.86. The van der Waals surface area contributed by atoms with Crippen LogP contribution >= 0.6 is 26.5 Å². The standard InChI is InChI=1S/C15H17BrF2N2O4S/c1-14(9-6-8(16)2-3-10(9)18)11-4-5-15(7-17,25(11,23)24)12(20-14)19-13(21)22/h2-3,6,11,23-24H,4-5,7H2,1H3,(H,19,20)(H,21,22)/t11-,14+,15-/m0/s1. The number of amides is 1. The first-order chi connectivity index (χ1) is 11.6. The van der Waals surface area contributed by atoms with E-state index in [1.54, 1.807) is 0 Å². The monoisotopic (exact) mass is 438 g/mol. The number of carbonyl (C=O) groups is 1. The van der Waals surface area contributed by atoms with Gasteiger partial charge in [0.05, 0.1) is 5.25 Å². The summed E-state index contributed by atoms with van der Waals surface area (Å²) in [6, 6.07) is 4.17. The summed E-state index contributed by atoms with van der Waals surface area (Å²) >= 11 is 3.24. The van der Waals surface area contributed by atoms with Gasteiger partial charge in [-0.1, -0.05) is 15.9 Å². The predicted molar refractivity (Wildman–Crippen MR) is 94.6 cm³/mol. The fraction of sp³-hybridized carbons (Fsp3) is 0.467. The summed E-state index contributed by atoms with van der Waals surface area (Å²) in [5.41, 5.74) is -1.36. The molecule has 2 heterocycles. The molecule has 0 saturated carbocycles. The molecule has 25 heavy (non-hydrogen) atoms. The summed E-state index contributed by atoms with van der Waals surface area (Å²) in [6.45, 7) is 0.343. The zero-order valence-corrected chi connectivity index (χ0v) is 15.6. The lowest BCUT2D eigenvalue weighted by Crippen LogP contribution is -2.58. The van der Waals surface area contributed by atoms with Gasteiger partial charge in [0, 0.05) is 10.0 Å². The number of nitrogens with zero attached hydrogens (tertiary/aromatic N) is 1. The fourth-order valence-corrected chi connectivity index (χ4v) is 6.92. The van der Waals surface area contributed by atoms with Crippen molar-refractivity contribution in [3.05, 3.63) is 34.1 Å². The third kappa shape index (κ3) is 2.49. The van der Waals surface area contributed by atoms with Gasteiger partial charge in [-0.05, 0) is 38.0 Å². The first kappa shape index (κ1) is 18.6. The maximum absolute atomic E-state index is 14.5. The molecule has 1 saturated heterocycles. The van der Waals surface area contributed by atoms with Gasteiger partial charge in [0.1, 0.15) is 28.6 Å². The molecular weight excluding hydrogens is 422 g/mol. The number of hydrogen-bond acceptors (Lipinski definition) is 4. The van der Waals surface area contributed by atoms with Crippen LogP contribution < -0.4 is 5.32 Å². The van der Waals surface area contributed by atoms with Crippen molar-refractivity contribution >= 4 is 38.4 Å². The Hall–Kier alpha value is -1.23. The maximum Gasteiger partial charge on any atom is 0.410 e. The Bertz CT molecular complexity index is 778. The number of hydrogen-bond donors (Lipinski definition) is 4. The Kier molecular flexibility index (Phi) is 4.38. The number of fused-ring (bicyclic) bond motifs is 2. The van der Waals surface area contributed by atoms with Gasteiger partial charge in [0.2, 0.25) is 0 Å². The van der Waals surface area contributed by atoms with E-state index < -0.39 is 44.7 Å². The van der Waals surface area contributed by atoms with E-state index in [9.17, 15) is 22.7 Å². The van der Waals surface area contributed by atoms with Crippen molar-refractivity contribution in [2.75, 3.05) is 6.67 Å².